The molecule has 2 atom stereocenters. The second-order valence-corrected chi connectivity index (χ2v) is 9.79. The number of benzene rings is 3. The maximum absolute atomic E-state index is 14.4. The number of phenols is 1. The molecule has 1 aliphatic rings. The van der Waals surface area contributed by atoms with Crippen molar-refractivity contribution in [3.05, 3.63) is 82.9 Å². The number of alkyl halides is 6. The highest BCUT2D eigenvalue weighted by Gasteiger charge is 2.74. The Morgan fingerprint density at radius 1 is 0.805 bits per heavy atom. The number of aryl methyl sites for hydroxylation is 1. The van der Waals surface area contributed by atoms with Crippen LogP contribution in [0.25, 0.3) is 0 Å². The number of aliphatic hydroxyl groups excluding tert-OH is 1. The summed E-state index contributed by atoms with van der Waals surface area (Å²) in [7, 11) is 0. The predicted molar refractivity (Wildman–Crippen MR) is 136 cm³/mol. The Bertz CT molecular complexity index is 1470. The van der Waals surface area contributed by atoms with Crippen LogP contribution in [0.4, 0.5) is 32.0 Å². The van der Waals surface area contributed by atoms with Crippen molar-refractivity contribution in [2.75, 3.05) is 4.90 Å². The van der Waals surface area contributed by atoms with Crippen LogP contribution in [0.2, 0.25) is 0 Å². The summed E-state index contributed by atoms with van der Waals surface area (Å²) in [5.74, 6) is -4.93. The number of aliphatic hydroxyl groups is 1. The third kappa shape index (κ3) is 4.90. The number of ether oxygens (including phenoxy) is 1. The number of aromatic hydroxyl groups is 1. The molecule has 0 fully saturated rings. The quantitative estimate of drug-likeness (QED) is 0.234. The summed E-state index contributed by atoms with van der Waals surface area (Å²) in [6, 6.07) is 12.1. The lowest BCUT2D eigenvalue weighted by Crippen LogP contribution is -2.60. The highest BCUT2D eigenvalue weighted by atomic mass is 19.4. The number of hydrogen-bond acceptors (Lipinski definition) is 5. The molecule has 0 radical (unpaired) electrons. The molecule has 0 saturated carbocycles. The molecule has 41 heavy (non-hydrogen) atoms. The molecule has 0 aromatic heterocycles. The van der Waals surface area contributed by atoms with Gasteiger partial charge in [-0.25, -0.2) is 4.90 Å². The minimum absolute atomic E-state index is 0.146. The molecule has 2 N–H and O–H groups in total. The SMILES string of the molecule is CCc1ccc(Oc2ccc3c(c2)C(=O)N(c2cc(C([C@H](C)C(C)O)(C(F)(F)F)C(F)(F)F)ccc2O)C3=O)cc1. The van der Waals surface area contributed by atoms with Crippen molar-refractivity contribution in [2.24, 2.45) is 5.92 Å². The summed E-state index contributed by atoms with van der Waals surface area (Å²) in [5, 5.41) is 20.3. The zero-order valence-corrected chi connectivity index (χ0v) is 22.0. The Labute approximate surface area is 230 Å². The van der Waals surface area contributed by atoms with E-state index < -0.39 is 58.6 Å². The van der Waals surface area contributed by atoms with Crippen molar-refractivity contribution in [1.29, 1.82) is 0 Å². The van der Waals surface area contributed by atoms with Crippen molar-refractivity contribution in [3.8, 4) is 17.2 Å². The van der Waals surface area contributed by atoms with Crippen molar-refractivity contribution >= 4 is 17.5 Å². The molecule has 3 aromatic rings. The maximum Gasteiger partial charge on any atom is 0.407 e. The first-order valence-corrected chi connectivity index (χ1v) is 12.5. The summed E-state index contributed by atoms with van der Waals surface area (Å²) in [4.78, 5) is 26.8. The van der Waals surface area contributed by atoms with Gasteiger partial charge in [0.15, 0.2) is 5.41 Å². The summed E-state index contributed by atoms with van der Waals surface area (Å²) >= 11 is 0. The highest BCUT2D eigenvalue weighted by Crippen LogP contribution is 2.58. The van der Waals surface area contributed by atoms with E-state index in [4.69, 9.17) is 4.74 Å². The normalized spacial score (nSPS) is 15.6. The molecule has 2 amide bonds. The number of carbonyl (C=O) groups excluding carboxylic acids is 2. The summed E-state index contributed by atoms with van der Waals surface area (Å²) in [5.41, 5.74) is -6.24. The fraction of sp³-hybridized carbons (Fsp3) is 0.310. The predicted octanol–water partition coefficient (Wildman–Crippen LogP) is 6.93. The average molecular weight is 582 g/mol. The number of carbonyl (C=O) groups is 2. The highest BCUT2D eigenvalue weighted by molar-refractivity contribution is 6.35. The standard InChI is InChI=1S/C29H25F6NO5/c1-4-17-5-8-19(9-6-17)41-20-10-11-21-22(14-20)26(40)36(25(21)39)23-13-18(7-12-24(23)38)27(28(30,31)32,29(33,34)35)15(2)16(3)37/h5-16,37-38H,4H2,1-3H3/t15-,16?/m1/s1. The fourth-order valence-corrected chi connectivity index (χ4v) is 5.01. The molecule has 218 valence electrons. The van der Waals surface area contributed by atoms with Crippen LogP contribution in [0.3, 0.4) is 0 Å². The minimum Gasteiger partial charge on any atom is -0.506 e. The van der Waals surface area contributed by atoms with Crippen molar-refractivity contribution < 1.29 is 50.9 Å². The van der Waals surface area contributed by atoms with Crippen LogP contribution in [0.5, 0.6) is 17.2 Å². The van der Waals surface area contributed by atoms with Crippen LogP contribution in [0.15, 0.2) is 60.7 Å². The number of hydrogen-bond donors (Lipinski definition) is 2. The van der Waals surface area contributed by atoms with Gasteiger partial charge in [-0.05, 0) is 66.9 Å². The molecule has 0 spiro atoms. The molecular formula is C29H25F6NO5. The molecule has 0 bridgehead atoms. The van der Waals surface area contributed by atoms with Gasteiger partial charge in [-0.2, -0.15) is 26.3 Å². The largest absolute Gasteiger partial charge is 0.506 e. The van der Waals surface area contributed by atoms with Gasteiger partial charge in [0.25, 0.3) is 11.8 Å². The van der Waals surface area contributed by atoms with Gasteiger partial charge in [0.2, 0.25) is 0 Å². The number of fused-ring (bicyclic) bond motifs is 1. The van der Waals surface area contributed by atoms with E-state index in [1.165, 1.54) is 18.2 Å². The van der Waals surface area contributed by atoms with Crippen molar-refractivity contribution in [3.63, 3.8) is 0 Å². The van der Waals surface area contributed by atoms with E-state index in [0.717, 1.165) is 18.9 Å². The lowest BCUT2D eigenvalue weighted by Gasteiger charge is -2.43. The molecule has 0 saturated heterocycles. The first-order chi connectivity index (χ1) is 19.0. The van der Waals surface area contributed by atoms with Crippen LogP contribution in [0, 0.1) is 5.92 Å². The smallest absolute Gasteiger partial charge is 0.407 e. The molecule has 1 heterocycles. The summed E-state index contributed by atoms with van der Waals surface area (Å²) in [6.45, 7) is 3.36. The number of rotatable bonds is 7. The Hall–Kier alpha value is -4.06. The fourth-order valence-electron chi connectivity index (χ4n) is 5.01. The number of nitrogens with zero attached hydrogens (tertiary/aromatic N) is 1. The summed E-state index contributed by atoms with van der Waals surface area (Å²) in [6.07, 6.45) is -13.2. The average Bonchev–Trinajstić information content (AvgIpc) is 3.13. The molecule has 12 heteroatoms. The number of anilines is 1. The Morgan fingerprint density at radius 2 is 1.37 bits per heavy atom. The summed E-state index contributed by atoms with van der Waals surface area (Å²) < 4.78 is 91.9. The van der Waals surface area contributed by atoms with Gasteiger partial charge < -0.3 is 14.9 Å². The monoisotopic (exact) mass is 581 g/mol. The van der Waals surface area contributed by atoms with E-state index in [9.17, 15) is 46.1 Å². The second kappa shape index (κ2) is 10.4. The van der Waals surface area contributed by atoms with Crippen LogP contribution in [-0.4, -0.2) is 40.5 Å². The lowest BCUT2D eigenvalue weighted by atomic mass is 9.67. The van der Waals surface area contributed by atoms with Crippen LogP contribution < -0.4 is 9.64 Å². The molecule has 1 unspecified atom stereocenters. The van der Waals surface area contributed by atoms with E-state index >= 15 is 0 Å². The topological polar surface area (TPSA) is 87.1 Å². The lowest BCUT2D eigenvalue weighted by molar-refractivity contribution is -0.323. The molecule has 0 aliphatic carbocycles. The van der Waals surface area contributed by atoms with E-state index in [0.29, 0.717) is 35.8 Å². The first-order valence-electron chi connectivity index (χ1n) is 12.5. The van der Waals surface area contributed by atoms with Gasteiger partial charge in [-0.1, -0.05) is 32.0 Å². The Kier molecular flexibility index (Phi) is 7.59. The minimum atomic E-state index is -5.96. The maximum atomic E-state index is 14.4. The zero-order chi connectivity index (χ0) is 30.5. The van der Waals surface area contributed by atoms with Crippen molar-refractivity contribution in [2.45, 2.75) is 51.1 Å². The number of amides is 2. The van der Waals surface area contributed by atoms with Gasteiger partial charge in [-0.3, -0.25) is 9.59 Å². The van der Waals surface area contributed by atoms with Gasteiger partial charge >= 0.3 is 12.4 Å². The van der Waals surface area contributed by atoms with Gasteiger partial charge in [0, 0.05) is 5.92 Å². The molecule has 1 aliphatic heterocycles. The zero-order valence-electron chi connectivity index (χ0n) is 22.0. The van der Waals surface area contributed by atoms with Gasteiger partial charge in [0.05, 0.1) is 22.9 Å². The van der Waals surface area contributed by atoms with Crippen molar-refractivity contribution in [1.82, 2.24) is 0 Å². The Morgan fingerprint density at radius 3 is 1.90 bits per heavy atom. The van der Waals surface area contributed by atoms with E-state index in [1.807, 2.05) is 19.1 Å². The first kappa shape index (κ1) is 29.9. The number of halogens is 6. The molecule has 6 nitrogen and oxygen atoms in total. The Balaban J connectivity index is 1.79. The molecule has 4 rings (SSSR count). The van der Waals surface area contributed by atoms with E-state index in [2.05, 4.69) is 0 Å². The third-order valence-corrected chi connectivity index (χ3v) is 7.40. The third-order valence-electron chi connectivity index (χ3n) is 7.40. The van der Waals surface area contributed by atoms with E-state index in [1.54, 1.807) is 12.1 Å². The van der Waals surface area contributed by atoms with Crippen LogP contribution in [0.1, 0.15) is 52.6 Å². The van der Waals surface area contributed by atoms with Gasteiger partial charge in [0.1, 0.15) is 17.2 Å². The van der Waals surface area contributed by atoms with E-state index in [-0.39, 0.29) is 16.9 Å². The van der Waals surface area contributed by atoms with Gasteiger partial charge in [-0.15, -0.1) is 0 Å². The van der Waals surface area contributed by atoms with Crippen LogP contribution >= 0.6 is 0 Å². The van der Waals surface area contributed by atoms with Crippen LogP contribution in [-0.2, 0) is 11.8 Å². The number of imide groups is 1. The molecule has 3 aromatic carbocycles. The number of phenolic OH excluding ortho intramolecular Hbond substituents is 1. The molecular weight excluding hydrogens is 556 g/mol. The second-order valence-electron chi connectivity index (χ2n) is 9.79.